The SMILES string of the molecule is CO[C@]1(CN2CCN3CCC(F)(F)C[C@H]3C2)/C=C\C[C@H](C)[C@@H](C)S(=O)(=O)NC(=O)c2ccc3c(c2)N(C[C@@H]2CC[C@H]21)C[C@@]1(CCCc2cc(Cl)ccc21)CO3. The number of allylic oxidation sites excluding steroid dienone is 1. The van der Waals surface area contributed by atoms with Gasteiger partial charge in [-0.2, -0.15) is 0 Å². The molecule has 55 heavy (non-hydrogen) atoms. The summed E-state index contributed by atoms with van der Waals surface area (Å²) in [6.45, 7) is 8.40. The average Bonchev–Trinajstić information content (AvgIpc) is 3.28. The first-order valence-corrected chi connectivity index (χ1v) is 22.1. The number of fused-ring (bicyclic) bond motifs is 5. The van der Waals surface area contributed by atoms with Gasteiger partial charge in [0.1, 0.15) is 11.4 Å². The van der Waals surface area contributed by atoms with E-state index in [1.807, 2.05) is 19.1 Å². The van der Waals surface area contributed by atoms with Crippen LogP contribution in [0.3, 0.4) is 0 Å². The van der Waals surface area contributed by atoms with Gasteiger partial charge >= 0.3 is 0 Å². The number of alkyl halides is 2. The highest BCUT2D eigenvalue weighted by Gasteiger charge is 2.51. The average molecular weight is 801 g/mol. The Hall–Kier alpha value is -2.77. The Labute approximate surface area is 329 Å². The topological polar surface area (TPSA) is 91.4 Å². The van der Waals surface area contributed by atoms with Crippen LogP contribution in [0, 0.1) is 17.8 Å². The van der Waals surface area contributed by atoms with Crippen molar-refractivity contribution in [1.29, 1.82) is 0 Å². The zero-order valence-electron chi connectivity index (χ0n) is 32.2. The fraction of sp³-hybridized carbons (Fsp3) is 0.643. The third-order valence-corrected chi connectivity index (χ3v) is 16.2. The molecule has 2 aromatic carbocycles. The van der Waals surface area contributed by atoms with E-state index in [1.165, 1.54) is 11.1 Å². The molecule has 0 aromatic heterocycles. The smallest absolute Gasteiger partial charge is 0.264 e. The third-order valence-electron chi connectivity index (χ3n) is 14.1. The van der Waals surface area contributed by atoms with E-state index >= 15 is 0 Å². The van der Waals surface area contributed by atoms with Crippen molar-refractivity contribution in [3.8, 4) is 5.75 Å². The summed E-state index contributed by atoms with van der Waals surface area (Å²) >= 11 is 6.49. The second kappa shape index (κ2) is 14.9. The second-order valence-electron chi connectivity index (χ2n) is 17.4. The molecular weight excluding hydrogens is 746 g/mol. The highest BCUT2D eigenvalue weighted by atomic mass is 35.5. The third kappa shape index (κ3) is 7.55. The molecule has 1 saturated carbocycles. The van der Waals surface area contributed by atoms with Crippen LogP contribution in [0.15, 0.2) is 48.6 Å². The Morgan fingerprint density at radius 3 is 2.67 bits per heavy atom. The van der Waals surface area contributed by atoms with Crippen LogP contribution in [0.5, 0.6) is 5.75 Å². The van der Waals surface area contributed by atoms with Gasteiger partial charge in [0.2, 0.25) is 10.0 Å². The van der Waals surface area contributed by atoms with Crippen molar-refractivity contribution in [2.75, 3.05) is 64.4 Å². The highest BCUT2D eigenvalue weighted by Crippen LogP contribution is 2.49. The number of ether oxygens (including phenoxy) is 2. The van der Waals surface area contributed by atoms with Crippen LogP contribution in [0.2, 0.25) is 5.02 Å². The molecule has 1 N–H and O–H groups in total. The number of hydrogen-bond acceptors (Lipinski definition) is 8. The van der Waals surface area contributed by atoms with Crippen molar-refractivity contribution in [3.05, 3.63) is 70.3 Å². The van der Waals surface area contributed by atoms with Gasteiger partial charge in [0.05, 0.1) is 17.5 Å². The predicted molar refractivity (Wildman–Crippen MR) is 211 cm³/mol. The van der Waals surface area contributed by atoms with E-state index in [2.05, 4.69) is 37.6 Å². The van der Waals surface area contributed by atoms with Crippen molar-refractivity contribution in [2.24, 2.45) is 17.8 Å². The summed E-state index contributed by atoms with van der Waals surface area (Å²) in [5.74, 6) is -2.59. The molecule has 7 atom stereocenters. The Morgan fingerprint density at radius 1 is 1.05 bits per heavy atom. The summed E-state index contributed by atoms with van der Waals surface area (Å²) in [5, 5.41) is -0.128. The van der Waals surface area contributed by atoms with E-state index in [1.54, 1.807) is 32.2 Å². The number of hydrogen-bond donors (Lipinski definition) is 1. The molecule has 0 radical (unpaired) electrons. The number of anilines is 1. The molecule has 1 spiro atoms. The van der Waals surface area contributed by atoms with Gasteiger partial charge in [-0.25, -0.2) is 21.9 Å². The fourth-order valence-corrected chi connectivity index (χ4v) is 12.0. The van der Waals surface area contributed by atoms with Gasteiger partial charge < -0.3 is 14.4 Å². The van der Waals surface area contributed by atoms with Gasteiger partial charge in [-0.3, -0.25) is 14.6 Å². The van der Waals surface area contributed by atoms with E-state index in [0.29, 0.717) is 56.5 Å². The summed E-state index contributed by atoms with van der Waals surface area (Å²) in [5.41, 5.74) is 2.47. The molecule has 4 heterocycles. The highest BCUT2D eigenvalue weighted by molar-refractivity contribution is 7.90. The number of sulfonamides is 1. The Balaban J connectivity index is 1.18. The number of nitrogens with zero attached hydrogens (tertiary/aromatic N) is 3. The number of piperidine rings is 1. The largest absolute Gasteiger partial charge is 0.490 e. The lowest BCUT2D eigenvalue weighted by molar-refractivity contribution is -0.119. The Morgan fingerprint density at radius 2 is 1.89 bits per heavy atom. The van der Waals surface area contributed by atoms with Gasteiger partial charge in [0.25, 0.3) is 11.8 Å². The maximum atomic E-state index is 14.6. The quantitative estimate of drug-likeness (QED) is 0.344. The molecule has 0 unspecified atom stereocenters. The van der Waals surface area contributed by atoms with Gasteiger partial charge in [-0.15, -0.1) is 0 Å². The molecule has 4 aliphatic heterocycles. The van der Waals surface area contributed by atoms with Crippen LogP contribution in [0.25, 0.3) is 0 Å². The number of benzene rings is 2. The summed E-state index contributed by atoms with van der Waals surface area (Å²) in [7, 11) is -2.26. The minimum atomic E-state index is -4.02. The minimum absolute atomic E-state index is 0.0826. The van der Waals surface area contributed by atoms with Crippen molar-refractivity contribution in [2.45, 2.75) is 93.4 Å². The number of carbonyl (C=O) groups excluding carboxylic acids is 1. The first-order valence-electron chi connectivity index (χ1n) is 20.1. The molecule has 2 aliphatic carbocycles. The maximum Gasteiger partial charge on any atom is 0.264 e. The lowest BCUT2D eigenvalue weighted by Gasteiger charge is -2.53. The Bertz CT molecular complexity index is 1930. The minimum Gasteiger partial charge on any atom is -0.490 e. The molecule has 3 fully saturated rings. The van der Waals surface area contributed by atoms with E-state index in [9.17, 15) is 22.0 Å². The summed E-state index contributed by atoms with van der Waals surface area (Å²) in [6, 6.07) is 11.2. The number of nitrogens with one attached hydrogen (secondary N) is 1. The predicted octanol–water partition coefficient (Wildman–Crippen LogP) is 6.68. The van der Waals surface area contributed by atoms with Crippen LogP contribution in [-0.2, 0) is 26.6 Å². The van der Waals surface area contributed by atoms with Crippen LogP contribution in [-0.4, -0.2) is 106 Å². The number of methoxy groups -OCH3 is 1. The summed E-state index contributed by atoms with van der Waals surface area (Å²) in [4.78, 5) is 20.6. The van der Waals surface area contributed by atoms with E-state index in [0.717, 1.165) is 50.9 Å². The Kier molecular flexibility index (Phi) is 10.6. The molecule has 13 heteroatoms. The van der Waals surface area contributed by atoms with Gasteiger partial charge in [0, 0.05) is 87.8 Å². The molecule has 300 valence electrons. The molecule has 2 aromatic rings. The number of rotatable bonds is 3. The lowest BCUT2D eigenvalue weighted by Crippen LogP contribution is -2.62. The van der Waals surface area contributed by atoms with Crippen LogP contribution in [0.4, 0.5) is 14.5 Å². The normalized spacial score (nSPS) is 35.6. The van der Waals surface area contributed by atoms with Crippen LogP contribution >= 0.6 is 11.6 Å². The molecule has 9 nitrogen and oxygen atoms in total. The summed E-state index contributed by atoms with van der Waals surface area (Å²) in [6.07, 6.45) is 9.25. The van der Waals surface area contributed by atoms with Crippen molar-refractivity contribution in [3.63, 3.8) is 0 Å². The van der Waals surface area contributed by atoms with E-state index < -0.39 is 32.7 Å². The standard InChI is InChI=1S/C42H55ClF2N4O5S/c1-28-6-4-15-41(53-3,26-47-18-19-48-17-16-42(44,45)22-34(48)24-47)36-11-8-32(36)23-49-25-40(14-5-7-30-20-33(43)10-12-35(30)40)27-54-38-13-9-31(21-37(38)49)39(50)46-55(51,52)29(28)2/h4,9-10,12-13,15,20-21,28-29,32,34,36H,5-8,11,14,16-19,22-27H2,1-3H3,(H,46,50)/b15-4-/t28-,29+,32-,34-,36+,40-,41-/m0/s1. The fourth-order valence-electron chi connectivity index (χ4n) is 10.5. The zero-order chi connectivity index (χ0) is 38.8. The van der Waals surface area contributed by atoms with Gasteiger partial charge in [-0.05, 0) is 105 Å². The van der Waals surface area contributed by atoms with Crippen LogP contribution in [0.1, 0.15) is 80.3 Å². The van der Waals surface area contributed by atoms with Crippen molar-refractivity contribution < 1.29 is 31.5 Å². The number of piperazine rings is 1. The van der Waals surface area contributed by atoms with Crippen molar-refractivity contribution in [1.82, 2.24) is 14.5 Å². The molecule has 1 amide bonds. The number of carbonyl (C=O) groups is 1. The van der Waals surface area contributed by atoms with Crippen LogP contribution < -0.4 is 14.4 Å². The zero-order valence-corrected chi connectivity index (χ0v) is 33.8. The first kappa shape index (κ1) is 39.1. The van der Waals surface area contributed by atoms with Crippen molar-refractivity contribution >= 4 is 33.2 Å². The monoisotopic (exact) mass is 800 g/mol. The molecular formula is C42H55ClF2N4O5S. The second-order valence-corrected chi connectivity index (χ2v) is 19.9. The molecule has 6 aliphatic rings. The first-order chi connectivity index (χ1) is 26.2. The number of halogens is 3. The summed E-state index contributed by atoms with van der Waals surface area (Å²) < 4.78 is 72.2. The van der Waals surface area contributed by atoms with Gasteiger partial charge in [-0.1, -0.05) is 36.7 Å². The number of aryl methyl sites for hydroxylation is 1. The number of amides is 1. The maximum absolute atomic E-state index is 14.6. The molecule has 2 saturated heterocycles. The molecule has 2 bridgehead atoms. The molecule has 8 rings (SSSR count). The van der Waals surface area contributed by atoms with E-state index in [4.69, 9.17) is 21.1 Å². The lowest BCUT2D eigenvalue weighted by atomic mass is 9.63. The van der Waals surface area contributed by atoms with Gasteiger partial charge in [0.15, 0.2) is 0 Å². The van der Waals surface area contributed by atoms with E-state index in [-0.39, 0.29) is 47.6 Å².